The molecule has 0 aliphatic carbocycles. The molecule has 0 radical (unpaired) electrons. The highest BCUT2D eigenvalue weighted by Gasteiger charge is 2.36. The number of rotatable bonds is 5. The van der Waals surface area contributed by atoms with E-state index < -0.39 is 0 Å². The van der Waals surface area contributed by atoms with Crippen LogP contribution < -0.4 is 5.32 Å². The Morgan fingerprint density at radius 3 is 2.58 bits per heavy atom. The van der Waals surface area contributed by atoms with Crippen molar-refractivity contribution >= 4 is 11.9 Å². The normalized spacial score (nSPS) is 18.5. The van der Waals surface area contributed by atoms with E-state index in [1.165, 1.54) is 0 Å². The molecule has 0 bridgehead atoms. The van der Waals surface area contributed by atoms with E-state index in [0.29, 0.717) is 25.4 Å². The number of hydrogen-bond acceptors (Lipinski definition) is 4. The van der Waals surface area contributed by atoms with Crippen LogP contribution in [-0.2, 0) is 4.79 Å². The van der Waals surface area contributed by atoms with Gasteiger partial charge in [0.25, 0.3) is 0 Å². The van der Waals surface area contributed by atoms with Crippen LogP contribution in [0.25, 0.3) is 0 Å². The van der Waals surface area contributed by atoms with E-state index in [2.05, 4.69) is 10.5 Å². The van der Waals surface area contributed by atoms with Crippen molar-refractivity contribution in [3.8, 4) is 0 Å². The first-order valence-corrected chi connectivity index (χ1v) is 8.69. The monoisotopic (exact) mass is 336 g/mol. The lowest BCUT2D eigenvalue weighted by atomic mass is 10.1. The molecule has 1 aromatic rings. The largest absolute Gasteiger partial charge is 0.361 e. The molecular weight excluding hydrogens is 308 g/mol. The highest BCUT2D eigenvalue weighted by Crippen LogP contribution is 2.23. The Hall–Kier alpha value is -2.05. The molecule has 0 aromatic carbocycles. The average molecular weight is 336 g/mol. The summed E-state index contributed by atoms with van der Waals surface area (Å²) >= 11 is 0. The van der Waals surface area contributed by atoms with E-state index in [9.17, 15) is 9.59 Å². The molecule has 0 saturated carbocycles. The number of nitrogens with one attached hydrogen (secondary N) is 1. The second kappa shape index (κ2) is 7.68. The third-order valence-electron chi connectivity index (χ3n) is 4.74. The minimum absolute atomic E-state index is 0.0395. The molecule has 1 aliphatic heterocycles. The molecule has 2 rings (SSSR count). The lowest BCUT2D eigenvalue weighted by Crippen LogP contribution is -2.51. The van der Waals surface area contributed by atoms with E-state index in [-0.39, 0.29) is 24.0 Å². The van der Waals surface area contributed by atoms with Gasteiger partial charge in [-0.1, -0.05) is 5.16 Å². The summed E-state index contributed by atoms with van der Waals surface area (Å²) in [6, 6.07) is -0.777. The molecule has 1 N–H and O–H groups in total. The molecule has 2 heterocycles. The van der Waals surface area contributed by atoms with E-state index in [1.54, 1.807) is 9.80 Å². The summed E-state index contributed by atoms with van der Waals surface area (Å²) in [5.41, 5.74) is 1.67. The highest BCUT2D eigenvalue weighted by molar-refractivity contribution is 5.87. The van der Waals surface area contributed by atoms with Gasteiger partial charge in [-0.3, -0.25) is 4.79 Å². The quantitative estimate of drug-likeness (QED) is 0.895. The molecular formula is C17H28N4O3. The van der Waals surface area contributed by atoms with E-state index in [4.69, 9.17) is 4.52 Å². The van der Waals surface area contributed by atoms with Crippen molar-refractivity contribution in [2.24, 2.45) is 0 Å². The number of hydrogen-bond donors (Lipinski definition) is 1. The number of aromatic nitrogens is 1. The lowest BCUT2D eigenvalue weighted by Gasteiger charge is -2.30. The van der Waals surface area contributed by atoms with E-state index >= 15 is 0 Å². The number of likely N-dealkylation sites (tertiary alicyclic amines) is 1. The molecule has 7 heteroatoms. The van der Waals surface area contributed by atoms with E-state index in [0.717, 1.165) is 24.1 Å². The minimum Gasteiger partial charge on any atom is -0.361 e. The van der Waals surface area contributed by atoms with Gasteiger partial charge < -0.3 is 19.6 Å². The zero-order valence-electron chi connectivity index (χ0n) is 15.3. The Morgan fingerprint density at radius 2 is 2.04 bits per heavy atom. The molecule has 24 heavy (non-hydrogen) atoms. The average Bonchev–Trinajstić information content (AvgIpc) is 3.15. The Balaban J connectivity index is 2.07. The summed E-state index contributed by atoms with van der Waals surface area (Å²) in [5, 5.41) is 6.91. The molecule has 1 aliphatic rings. The lowest BCUT2D eigenvalue weighted by molar-refractivity contribution is -0.134. The summed E-state index contributed by atoms with van der Waals surface area (Å²) in [6.45, 7) is 11.4. The standard InChI is InChI=1S/C17H28N4O3/c1-6-20(7-2)16(22)14-9-8-10-21(14)17(23)18-11(3)15-12(4)19-24-13(15)5/h11,14H,6-10H2,1-5H3,(H,18,23)/t11-,14+/m0/s1. The number of carbonyl (C=O) groups excluding carboxylic acids is 2. The van der Waals surface area contributed by atoms with Gasteiger partial charge in [-0.05, 0) is 47.5 Å². The maximum Gasteiger partial charge on any atom is 0.318 e. The first-order chi connectivity index (χ1) is 11.4. The van der Waals surface area contributed by atoms with Gasteiger partial charge in [0.05, 0.1) is 11.7 Å². The van der Waals surface area contributed by atoms with Crippen molar-refractivity contribution in [1.82, 2.24) is 20.3 Å². The van der Waals surface area contributed by atoms with Gasteiger partial charge >= 0.3 is 6.03 Å². The third kappa shape index (κ3) is 3.55. The van der Waals surface area contributed by atoms with Crippen LogP contribution in [0.4, 0.5) is 4.79 Å². The van der Waals surface area contributed by atoms with Crippen LogP contribution in [-0.4, -0.2) is 52.6 Å². The number of aryl methyl sites for hydroxylation is 2. The molecule has 1 saturated heterocycles. The smallest absolute Gasteiger partial charge is 0.318 e. The van der Waals surface area contributed by atoms with Gasteiger partial charge in [0, 0.05) is 25.2 Å². The Labute approximate surface area is 143 Å². The Morgan fingerprint density at radius 1 is 1.38 bits per heavy atom. The maximum atomic E-state index is 12.7. The number of urea groups is 1. The van der Waals surface area contributed by atoms with Crippen molar-refractivity contribution < 1.29 is 14.1 Å². The van der Waals surface area contributed by atoms with Gasteiger partial charge in [-0.25, -0.2) is 4.79 Å². The molecule has 0 unspecified atom stereocenters. The van der Waals surface area contributed by atoms with Crippen LogP contribution in [0, 0.1) is 13.8 Å². The molecule has 134 valence electrons. The number of likely N-dealkylation sites (N-methyl/N-ethyl adjacent to an activating group) is 1. The second-order valence-electron chi connectivity index (χ2n) is 6.27. The first kappa shape index (κ1) is 18.3. The van der Waals surface area contributed by atoms with Crippen molar-refractivity contribution in [1.29, 1.82) is 0 Å². The Bertz CT molecular complexity index is 575. The van der Waals surface area contributed by atoms with Gasteiger partial charge in [0.15, 0.2) is 0 Å². The molecule has 0 spiro atoms. The molecule has 1 fully saturated rings. The highest BCUT2D eigenvalue weighted by atomic mass is 16.5. The van der Waals surface area contributed by atoms with Crippen LogP contribution >= 0.6 is 0 Å². The topological polar surface area (TPSA) is 78.7 Å². The summed E-state index contributed by atoms with van der Waals surface area (Å²) in [6.07, 6.45) is 1.58. The zero-order valence-corrected chi connectivity index (χ0v) is 15.3. The number of nitrogens with zero attached hydrogens (tertiary/aromatic N) is 3. The molecule has 1 aromatic heterocycles. The number of amides is 3. The van der Waals surface area contributed by atoms with Crippen LogP contribution in [0.5, 0.6) is 0 Å². The number of carbonyl (C=O) groups is 2. The van der Waals surface area contributed by atoms with E-state index in [1.807, 2.05) is 34.6 Å². The van der Waals surface area contributed by atoms with Crippen LogP contribution in [0.1, 0.15) is 56.7 Å². The fraction of sp³-hybridized carbons (Fsp3) is 0.706. The van der Waals surface area contributed by atoms with Gasteiger partial charge in [-0.15, -0.1) is 0 Å². The zero-order chi connectivity index (χ0) is 17.9. The van der Waals surface area contributed by atoms with Crippen LogP contribution in [0.15, 0.2) is 4.52 Å². The summed E-state index contributed by atoms with van der Waals surface area (Å²) in [5.74, 6) is 0.745. The fourth-order valence-corrected chi connectivity index (χ4v) is 3.46. The third-order valence-corrected chi connectivity index (χ3v) is 4.74. The molecule has 2 atom stereocenters. The SMILES string of the molecule is CCN(CC)C(=O)[C@H]1CCCN1C(=O)N[C@@H](C)c1c(C)noc1C. The van der Waals surface area contributed by atoms with Crippen molar-refractivity contribution in [3.63, 3.8) is 0 Å². The summed E-state index contributed by atoms with van der Waals surface area (Å²) in [7, 11) is 0. The molecule has 7 nitrogen and oxygen atoms in total. The second-order valence-corrected chi connectivity index (χ2v) is 6.27. The predicted molar refractivity (Wildman–Crippen MR) is 90.6 cm³/mol. The van der Waals surface area contributed by atoms with Crippen molar-refractivity contribution in [3.05, 3.63) is 17.0 Å². The maximum absolute atomic E-state index is 12.7. The Kier molecular flexibility index (Phi) is 5.85. The predicted octanol–water partition coefficient (Wildman–Crippen LogP) is 2.39. The van der Waals surface area contributed by atoms with Gasteiger partial charge in [0.2, 0.25) is 5.91 Å². The summed E-state index contributed by atoms with van der Waals surface area (Å²) < 4.78 is 5.17. The molecule has 3 amide bonds. The van der Waals surface area contributed by atoms with Crippen molar-refractivity contribution in [2.45, 2.75) is 59.5 Å². The van der Waals surface area contributed by atoms with Gasteiger partial charge in [-0.2, -0.15) is 0 Å². The first-order valence-electron chi connectivity index (χ1n) is 8.69. The van der Waals surface area contributed by atoms with Crippen molar-refractivity contribution in [2.75, 3.05) is 19.6 Å². The van der Waals surface area contributed by atoms with Crippen LogP contribution in [0.3, 0.4) is 0 Å². The van der Waals surface area contributed by atoms with Crippen LogP contribution in [0.2, 0.25) is 0 Å². The van der Waals surface area contributed by atoms with Gasteiger partial charge in [0.1, 0.15) is 11.8 Å². The minimum atomic E-state index is -0.359. The summed E-state index contributed by atoms with van der Waals surface area (Å²) in [4.78, 5) is 28.8. The fourth-order valence-electron chi connectivity index (χ4n) is 3.46.